The van der Waals surface area contributed by atoms with E-state index in [1.807, 2.05) is 0 Å². The predicted octanol–water partition coefficient (Wildman–Crippen LogP) is 2.08. The average Bonchev–Trinajstić information content (AvgIpc) is 3.16. The van der Waals surface area contributed by atoms with Gasteiger partial charge in [-0.1, -0.05) is 23.7 Å². The highest BCUT2D eigenvalue weighted by molar-refractivity contribution is 6.33. The van der Waals surface area contributed by atoms with E-state index in [4.69, 9.17) is 16.3 Å². The molecule has 2 heterocycles. The van der Waals surface area contributed by atoms with E-state index >= 15 is 0 Å². The zero-order valence-corrected chi connectivity index (χ0v) is 16.3. The van der Waals surface area contributed by atoms with E-state index in [-0.39, 0.29) is 29.5 Å². The molecule has 1 amide bonds. The minimum absolute atomic E-state index is 0.135. The highest BCUT2D eigenvalue weighted by Crippen LogP contribution is 2.29. The Morgan fingerprint density at radius 1 is 1.41 bits per heavy atom. The molecule has 1 aliphatic rings. The van der Waals surface area contributed by atoms with Crippen LogP contribution in [0.15, 0.2) is 29.3 Å². The lowest BCUT2D eigenvalue weighted by atomic mass is 10.1. The second kappa shape index (κ2) is 8.69. The molecule has 0 spiro atoms. The van der Waals surface area contributed by atoms with Crippen LogP contribution < -0.4 is 10.1 Å². The molecule has 29 heavy (non-hydrogen) atoms. The second-order valence-corrected chi connectivity index (χ2v) is 6.29. The van der Waals surface area contributed by atoms with Gasteiger partial charge < -0.3 is 14.9 Å². The van der Waals surface area contributed by atoms with Gasteiger partial charge in [0.05, 0.1) is 13.7 Å². The molecule has 0 radical (unpaired) electrons. The summed E-state index contributed by atoms with van der Waals surface area (Å²) in [5, 5.41) is 12.6. The molecule has 0 saturated carbocycles. The summed E-state index contributed by atoms with van der Waals surface area (Å²) in [6.07, 6.45) is 0. The molecule has 0 unspecified atom stereocenters. The maximum Gasteiger partial charge on any atom is 0.294 e. The summed E-state index contributed by atoms with van der Waals surface area (Å²) < 4.78 is 5.23. The fourth-order valence-corrected chi connectivity index (χ4v) is 2.96. The Morgan fingerprint density at radius 3 is 2.93 bits per heavy atom. The number of anilines is 1. The Labute approximate surface area is 170 Å². The summed E-state index contributed by atoms with van der Waals surface area (Å²) in [4.78, 5) is 41.7. The van der Waals surface area contributed by atoms with Crippen LogP contribution in [0.2, 0.25) is 5.15 Å². The molecular weight excluding hydrogens is 404 g/mol. The normalized spacial score (nSPS) is 13.1. The van der Waals surface area contributed by atoms with Crippen molar-refractivity contribution in [1.82, 2.24) is 14.9 Å². The van der Waals surface area contributed by atoms with Crippen LogP contribution in [0, 0.1) is 17.0 Å². The molecule has 1 aromatic carbocycles. The third kappa shape index (κ3) is 4.69. The molecule has 1 aliphatic heterocycles. The number of hydrogen-bond donors (Lipinski definition) is 1. The van der Waals surface area contributed by atoms with E-state index in [9.17, 15) is 14.9 Å². The number of nitrogens with one attached hydrogen (secondary N) is 1. The van der Waals surface area contributed by atoms with Crippen LogP contribution in [0.3, 0.4) is 0 Å². The molecule has 11 nitrogen and oxygen atoms in total. The number of carbonyl (C=O) groups is 1. The third-order valence-corrected chi connectivity index (χ3v) is 4.24. The third-order valence-electron chi connectivity index (χ3n) is 3.97. The number of nitrogens with zero attached hydrogens (tertiary/aromatic N) is 5. The number of aromatic nitrogens is 2. The van der Waals surface area contributed by atoms with Gasteiger partial charge in [-0.3, -0.25) is 14.7 Å². The van der Waals surface area contributed by atoms with Crippen molar-refractivity contribution in [2.24, 2.45) is 4.99 Å². The van der Waals surface area contributed by atoms with Crippen molar-refractivity contribution < 1.29 is 19.5 Å². The molecule has 3 rings (SSSR count). The number of aryl methyl sites for hydroxylation is 1. The van der Waals surface area contributed by atoms with Crippen LogP contribution >= 0.6 is 11.6 Å². The van der Waals surface area contributed by atoms with Gasteiger partial charge in [0.1, 0.15) is 18.1 Å². The molecule has 0 atom stereocenters. The molecule has 0 saturated heterocycles. The van der Waals surface area contributed by atoms with Gasteiger partial charge in [-0.05, 0) is 24.6 Å². The molecule has 0 fully saturated rings. The SMILES string of the molecule is COc1nc(C)nc(Cl)c1NC1=NCCN1C(=O)c1cccc(CO[N+](=O)[O-])c1. The first-order valence-electron chi connectivity index (χ1n) is 8.46. The maximum atomic E-state index is 13.0. The van der Waals surface area contributed by atoms with E-state index in [1.54, 1.807) is 25.1 Å². The smallest absolute Gasteiger partial charge is 0.294 e. The highest BCUT2D eigenvalue weighted by atomic mass is 35.5. The van der Waals surface area contributed by atoms with Gasteiger partial charge in [-0.2, -0.15) is 4.98 Å². The van der Waals surface area contributed by atoms with Crippen LogP contribution in [0.25, 0.3) is 0 Å². The average molecular weight is 421 g/mol. The van der Waals surface area contributed by atoms with Gasteiger partial charge in [0.25, 0.3) is 11.0 Å². The summed E-state index contributed by atoms with van der Waals surface area (Å²) in [6.45, 7) is 2.17. The number of benzene rings is 1. The second-order valence-electron chi connectivity index (χ2n) is 5.93. The summed E-state index contributed by atoms with van der Waals surface area (Å²) in [7, 11) is 1.45. The maximum absolute atomic E-state index is 13.0. The Morgan fingerprint density at radius 2 is 2.21 bits per heavy atom. The molecule has 0 bridgehead atoms. The van der Waals surface area contributed by atoms with E-state index in [0.29, 0.717) is 35.7 Å². The lowest BCUT2D eigenvalue weighted by molar-refractivity contribution is -0.763. The van der Waals surface area contributed by atoms with Crippen molar-refractivity contribution in [2.45, 2.75) is 13.5 Å². The topological polar surface area (TPSA) is 132 Å². The lowest BCUT2D eigenvalue weighted by Gasteiger charge is -2.20. The first kappa shape index (κ1) is 20.3. The van der Waals surface area contributed by atoms with E-state index in [2.05, 4.69) is 25.1 Å². The fourth-order valence-electron chi connectivity index (χ4n) is 2.71. The number of aliphatic imine (C=N–C) groups is 1. The Bertz CT molecular complexity index is 983. The number of rotatable bonds is 6. The van der Waals surface area contributed by atoms with Crippen molar-refractivity contribution in [3.63, 3.8) is 0 Å². The first-order chi connectivity index (χ1) is 13.9. The standard InChI is InChI=1S/C17H17ClN6O5/c1-10-20-14(18)13(15(21-10)28-2)22-17-19-6-7-23(17)16(25)12-5-3-4-11(8-12)9-29-24(26)27/h3-5,8H,6-7,9H2,1-2H3,(H,19,22). The molecule has 2 aromatic rings. The Balaban J connectivity index is 1.80. The number of hydrogen-bond acceptors (Lipinski definition) is 9. The van der Waals surface area contributed by atoms with Crippen LogP contribution in [0.1, 0.15) is 21.7 Å². The van der Waals surface area contributed by atoms with Crippen molar-refractivity contribution in [3.8, 4) is 5.88 Å². The van der Waals surface area contributed by atoms with Crippen molar-refractivity contribution in [2.75, 3.05) is 25.5 Å². The van der Waals surface area contributed by atoms with E-state index in [0.717, 1.165) is 0 Å². The lowest BCUT2D eigenvalue weighted by Crippen LogP contribution is -2.38. The monoisotopic (exact) mass is 420 g/mol. The number of amides is 1. The zero-order chi connectivity index (χ0) is 21.0. The summed E-state index contributed by atoms with van der Waals surface area (Å²) in [5.74, 6) is 0.602. The first-order valence-corrected chi connectivity index (χ1v) is 8.84. The van der Waals surface area contributed by atoms with Crippen LogP contribution in [-0.4, -0.2) is 52.0 Å². The molecule has 12 heteroatoms. The Hall–Kier alpha value is -3.47. The van der Waals surface area contributed by atoms with E-state index < -0.39 is 5.09 Å². The van der Waals surface area contributed by atoms with Crippen molar-refractivity contribution in [1.29, 1.82) is 0 Å². The number of ether oxygens (including phenoxy) is 1. The van der Waals surface area contributed by atoms with Crippen LogP contribution in [0.4, 0.5) is 5.69 Å². The molecule has 1 aromatic heterocycles. The van der Waals surface area contributed by atoms with Crippen LogP contribution in [0.5, 0.6) is 5.88 Å². The molecule has 1 N–H and O–H groups in total. The van der Waals surface area contributed by atoms with Gasteiger partial charge in [0.15, 0.2) is 5.15 Å². The zero-order valence-electron chi connectivity index (χ0n) is 15.6. The number of guanidine groups is 1. The predicted molar refractivity (Wildman–Crippen MR) is 104 cm³/mol. The summed E-state index contributed by atoms with van der Waals surface area (Å²) in [6, 6.07) is 6.40. The molecule has 152 valence electrons. The van der Waals surface area contributed by atoms with E-state index in [1.165, 1.54) is 18.1 Å². The molecular formula is C17H17ClN6O5. The van der Waals surface area contributed by atoms with Crippen molar-refractivity contribution >= 4 is 29.2 Å². The van der Waals surface area contributed by atoms with Gasteiger partial charge in [0.2, 0.25) is 11.8 Å². The number of methoxy groups -OCH3 is 1. The minimum atomic E-state index is -0.885. The van der Waals surface area contributed by atoms with Gasteiger partial charge >= 0.3 is 0 Å². The van der Waals surface area contributed by atoms with Crippen molar-refractivity contribution in [3.05, 3.63) is 56.5 Å². The Kier molecular flexibility index (Phi) is 6.07. The highest BCUT2D eigenvalue weighted by Gasteiger charge is 2.27. The quantitative estimate of drug-likeness (QED) is 0.426. The number of carbonyl (C=O) groups excluding carboxylic acids is 1. The van der Waals surface area contributed by atoms with Crippen LogP contribution in [-0.2, 0) is 11.4 Å². The fraction of sp³-hybridized carbons (Fsp3) is 0.294. The summed E-state index contributed by atoms with van der Waals surface area (Å²) in [5.41, 5.74) is 1.13. The number of halogens is 1. The summed E-state index contributed by atoms with van der Waals surface area (Å²) >= 11 is 6.20. The minimum Gasteiger partial charge on any atom is -0.479 e. The van der Waals surface area contributed by atoms with Gasteiger partial charge in [0, 0.05) is 12.1 Å². The van der Waals surface area contributed by atoms with Gasteiger partial charge in [-0.15, -0.1) is 10.1 Å². The largest absolute Gasteiger partial charge is 0.479 e. The van der Waals surface area contributed by atoms with Gasteiger partial charge in [-0.25, -0.2) is 4.98 Å². The molecule has 0 aliphatic carbocycles.